The second-order valence-electron chi connectivity index (χ2n) is 7.14. The molecule has 27 heavy (non-hydrogen) atoms. The van der Waals surface area contributed by atoms with E-state index < -0.39 is 10.0 Å². The fraction of sp³-hybridized carbons (Fsp3) is 0.400. The monoisotopic (exact) mass is 386 g/mol. The van der Waals surface area contributed by atoms with Gasteiger partial charge in [0.15, 0.2) is 11.5 Å². The lowest BCUT2D eigenvalue weighted by atomic mass is 10.1. The van der Waals surface area contributed by atoms with Crippen LogP contribution in [0.25, 0.3) is 0 Å². The number of ether oxygens (including phenoxy) is 2. The molecule has 142 valence electrons. The van der Waals surface area contributed by atoms with Gasteiger partial charge in [0.05, 0.1) is 10.6 Å². The molecule has 3 heterocycles. The molecule has 0 atom stereocenters. The number of nitrogens with zero attached hydrogens (tertiary/aromatic N) is 2. The van der Waals surface area contributed by atoms with E-state index in [-0.39, 0.29) is 4.90 Å². The first kappa shape index (κ1) is 16.7. The smallest absolute Gasteiger partial charge is 0.264 e. The Bertz CT molecular complexity index is 983. The Morgan fingerprint density at radius 2 is 1.63 bits per heavy atom. The molecule has 0 amide bonds. The van der Waals surface area contributed by atoms with Gasteiger partial charge in [-0.2, -0.15) is 0 Å². The molecule has 0 saturated carbocycles. The molecule has 6 nitrogen and oxygen atoms in total. The van der Waals surface area contributed by atoms with Crippen LogP contribution < -0.4 is 18.7 Å². The lowest BCUT2D eigenvalue weighted by molar-refractivity contribution is 0.171. The van der Waals surface area contributed by atoms with Gasteiger partial charge >= 0.3 is 0 Å². The molecule has 2 aromatic carbocycles. The van der Waals surface area contributed by atoms with Gasteiger partial charge in [-0.1, -0.05) is 0 Å². The topological polar surface area (TPSA) is 59.1 Å². The van der Waals surface area contributed by atoms with Crippen molar-refractivity contribution in [1.82, 2.24) is 0 Å². The van der Waals surface area contributed by atoms with Crippen LogP contribution >= 0.6 is 0 Å². The highest BCUT2D eigenvalue weighted by molar-refractivity contribution is 7.92. The van der Waals surface area contributed by atoms with E-state index in [1.165, 1.54) is 22.8 Å². The van der Waals surface area contributed by atoms with Crippen molar-refractivity contribution in [2.24, 2.45) is 0 Å². The maximum Gasteiger partial charge on any atom is 0.264 e. The van der Waals surface area contributed by atoms with Crippen LogP contribution in [-0.2, 0) is 16.4 Å². The van der Waals surface area contributed by atoms with Crippen molar-refractivity contribution in [2.45, 2.75) is 24.2 Å². The van der Waals surface area contributed by atoms with Crippen LogP contribution in [-0.4, -0.2) is 41.3 Å². The maximum atomic E-state index is 13.2. The summed E-state index contributed by atoms with van der Waals surface area (Å²) in [6, 6.07) is 11.0. The van der Waals surface area contributed by atoms with Gasteiger partial charge in [-0.05, 0) is 55.2 Å². The van der Waals surface area contributed by atoms with E-state index in [1.54, 1.807) is 18.2 Å². The van der Waals surface area contributed by atoms with Gasteiger partial charge in [0.2, 0.25) is 0 Å². The molecule has 1 fully saturated rings. The average molecular weight is 386 g/mol. The minimum atomic E-state index is -3.63. The van der Waals surface area contributed by atoms with Crippen LogP contribution in [0, 0.1) is 0 Å². The second-order valence-corrected chi connectivity index (χ2v) is 9.00. The zero-order chi connectivity index (χ0) is 18.4. The van der Waals surface area contributed by atoms with Crippen molar-refractivity contribution in [3.05, 3.63) is 42.0 Å². The zero-order valence-corrected chi connectivity index (χ0v) is 15.9. The van der Waals surface area contributed by atoms with Crippen LogP contribution in [0.2, 0.25) is 0 Å². The summed E-state index contributed by atoms with van der Waals surface area (Å²) in [5, 5.41) is 0. The highest BCUT2D eigenvalue weighted by atomic mass is 32.2. The predicted octanol–water partition coefficient (Wildman–Crippen LogP) is 2.81. The third-order valence-corrected chi connectivity index (χ3v) is 7.30. The number of rotatable bonds is 3. The molecule has 3 aliphatic rings. The quantitative estimate of drug-likeness (QED) is 0.812. The summed E-state index contributed by atoms with van der Waals surface area (Å²) < 4.78 is 39.0. The molecule has 7 heteroatoms. The lowest BCUT2D eigenvalue weighted by Gasteiger charge is -2.23. The van der Waals surface area contributed by atoms with E-state index in [4.69, 9.17) is 9.47 Å². The van der Waals surface area contributed by atoms with Crippen LogP contribution in [0.3, 0.4) is 0 Å². The first-order chi connectivity index (χ1) is 13.1. The molecule has 1 saturated heterocycles. The summed E-state index contributed by atoms with van der Waals surface area (Å²) in [5.41, 5.74) is 3.08. The van der Waals surface area contributed by atoms with E-state index in [2.05, 4.69) is 11.0 Å². The van der Waals surface area contributed by atoms with Crippen molar-refractivity contribution >= 4 is 21.4 Å². The minimum Gasteiger partial charge on any atom is -0.486 e. The maximum absolute atomic E-state index is 13.2. The summed E-state index contributed by atoms with van der Waals surface area (Å²) in [6.45, 7) is 3.55. The Balaban J connectivity index is 1.47. The molecule has 0 unspecified atom stereocenters. The van der Waals surface area contributed by atoms with Crippen LogP contribution in [0.5, 0.6) is 11.5 Å². The fourth-order valence-electron chi connectivity index (χ4n) is 4.09. The normalized spacial score (nSPS) is 18.7. The van der Waals surface area contributed by atoms with Gasteiger partial charge in [0, 0.05) is 31.4 Å². The van der Waals surface area contributed by atoms with Crippen molar-refractivity contribution in [1.29, 1.82) is 0 Å². The van der Waals surface area contributed by atoms with Crippen LogP contribution in [0.4, 0.5) is 11.4 Å². The highest BCUT2D eigenvalue weighted by Gasteiger charge is 2.32. The van der Waals surface area contributed by atoms with E-state index >= 15 is 0 Å². The predicted molar refractivity (Wildman–Crippen MR) is 104 cm³/mol. The number of fused-ring (bicyclic) bond motifs is 2. The molecule has 0 N–H and O–H groups in total. The van der Waals surface area contributed by atoms with Gasteiger partial charge in [-0.3, -0.25) is 4.31 Å². The molecular formula is C20H22N2O4S. The Hall–Kier alpha value is -2.41. The van der Waals surface area contributed by atoms with Crippen molar-refractivity contribution in [3.63, 3.8) is 0 Å². The molecule has 2 aromatic rings. The second kappa shape index (κ2) is 6.34. The zero-order valence-electron chi connectivity index (χ0n) is 15.1. The average Bonchev–Trinajstić information content (AvgIpc) is 3.37. The molecule has 3 aliphatic heterocycles. The lowest BCUT2D eigenvalue weighted by Crippen LogP contribution is -2.29. The van der Waals surface area contributed by atoms with Crippen molar-refractivity contribution < 1.29 is 17.9 Å². The molecule has 0 spiro atoms. The van der Waals surface area contributed by atoms with Gasteiger partial charge in [-0.15, -0.1) is 0 Å². The van der Waals surface area contributed by atoms with E-state index in [9.17, 15) is 8.42 Å². The Labute approximate surface area is 159 Å². The number of anilines is 2. The number of hydrogen-bond donors (Lipinski definition) is 0. The molecule has 0 bridgehead atoms. The summed E-state index contributed by atoms with van der Waals surface area (Å²) >= 11 is 0. The SMILES string of the molecule is O=S(=O)(c1ccc2c(c1)OCCO2)N1CCc2cc(N3CCCC3)ccc21. The Kier molecular flexibility index (Phi) is 3.93. The largest absolute Gasteiger partial charge is 0.486 e. The molecule has 0 aliphatic carbocycles. The molecule has 0 radical (unpaired) electrons. The van der Waals surface area contributed by atoms with Gasteiger partial charge in [-0.25, -0.2) is 8.42 Å². The minimum absolute atomic E-state index is 0.239. The highest BCUT2D eigenvalue weighted by Crippen LogP contribution is 2.38. The molecule has 5 rings (SSSR count). The molecular weight excluding hydrogens is 364 g/mol. The van der Waals surface area contributed by atoms with E-state index in [1.807, 2.05) is 12.1 Å². The Morgan fingerprint density at radius 1 is 0.852 bits per heavy atom. The van der Waals surface area contributed by atoms with Gasteiger partial charge in [0.1, 0.15) is 13.2 Å². The summed E-state index contributed by atoms with van der Waals surface area (Å²) in [5.74, 6) is 1.09. The number of hydrogen-bond acceptors (Lipinski definition) is 5. The van der Waals surface area contributed by atoms with Crippen molar-refractivity contribution in [2.75, 3.05) is 42.1 Å². The summed E-state index contributed by atoms with van der Waals surface area (Å²) in [4.78, 5) is 2.61. The standard InChI is InChI=1S/C20H22N2O4S/c23-27(24,17-4-6-19-20(14-17)26-12-11-25-19)22-10-7-15-13-16(3-5-18(15)22)21-8-1-2-9-21/h3-6,13-14H,1-2,7-12H2. The first-order valence-electron chi connectivity index (χ1n) is 9.43. The molecule has 0 aromatic heterocycles. The summed E-state index contributed by atoms with van der Waals surface area (Å²) in [6.07, 6.45) is 3.18. The fourth-order valence-corrected chi connectivity index (χ4v) is 5.61. The van der Waals surface area contributed by atoms with Crippen LogP contribution in [0.1, 0.15) is 18.4 Å². The third-order valence-electron chi connectivity index (χ3n) is 5.49. The number of sulfonamides is 1. The van der Waals surface area contributed by atoms with Crippen molar-refractivity contribution in [3.8, 4) is 11.5 Å². The van der Waals surface area contributed by atoms with E-state index in [0.717, 1.165) is 30.8 Å². The van der Waals surface area contributed by atoms with Gasteiger partial charge < -0.3 is 14.4 Å². The van der Waals surface area contributed by atoms with Crippen LogP contribution in [0.15, 0.2) is 41.3 Å². The Morgan fingerprint density at radius 3 is 2.44 bits per heavy atom. The first-order valence-corrected chi connectivity index (χ1v) is 10.9. The van der Waals surface area contributed by atoms with E-state index in [0.29, 0.717) is 31.3 Å². The summed E-state index contributed by atoms with van der Waals surface area (Å²) in [7, 11) is -3.63. The van der Waals surface area contributed by atoms with Gasteiger partial charge in [0.25, 0.3) is 10.0 Å². The third kappa shape index (κ3) is 2.81. The number of benzene rings is 2.